The molecular weight excluding hydrogens is 497 g/mol. The molecule has 1 aromatic carbocycles. The van der Waals surface area contributed by atoms with Crippen LogP contribution in [-0.2, 0) is 0 Å². The molecule has 1 unspecified atom stereocenters. The fourth-order valence-corrected chi connectivity index (χ4v) is 4.62. The number of rotatable bonds is 5. The molecule has 2 aliphatic heterocycles. The van der Waals surface area contributed by atoms with Crippen LogP contribution < -0.4 is 10.6 Å². The Labute approximate surface area is 198 Å². The molecular formula is C22H37ClIN5. The average molecular weight is 534 g/mol. The summed E-state index contributed by atoms with van der Waals surface area (Å²) < 4.78 is 0. The zero-order chi connectivity index (χ0) is 20.0. The van der Waals surface area contributed by atoms with E-state index in [1.54, 1.807) is 0 Å². The molecule has 0 spiro atoms. The SMILES string of the molecule is CN=C(NCC1(N2CCCCC2)CCN(C)CC1)NC(C)c1ccc(Cl)cc1.I. The number of aliphatic imine (C=N–C) groups is 1. The normalized spacial score (nSPS) is 21.9. The lowest BCUT2D eigenvalue weighted by Crippen LogP contribution is -2.62. The number of piperidine rings is 2. The largest absolute Gasteiger partial charge is 0.355 e. The summed E-state index contributed by atoms with van der Waals surface area (Å²) in [5, 5.41) is 7.96. The van der Waals surface area contributed by atoms with Crippen LogP contribution in [0.4, 0.5) is 0 Å². The molecule has 2 heterocycles. The molecule has 1 aromatic rings. The van der Waals surface area contributed by atoms with Crippen molar-refractivity contribution >= 4 is 41.5 Å². The highest BCUT2D eigenvalue weighted by atomic mass is 127. The first kappa shape index (κ1) is 24.7. The zero-order valence-electron chi connectivity index (χ0n) is 18.1. The van der Waals surface area contributed by atoms with Gasteiger partial charge >= 0.3 is 0 Å². The second-order valence-corrected chi connectivity index (χ2v) is 8.86. The van der Waals surface area contributed by atoms with Crippen molar-refractivity contribution in [2.24, 2.45) is 4.99 Å². The van der Waals surface area contributed by atoms with Gasteiger partial charge in [-0.1, -0.05) is 30.2 Å². The topological polar surface area (TPSA) is 42.9 Å². The monoisotopic (exact) mass is 533 g/mol. The van der Waals surface area contributed by atoms with E-state index in [2.05, 4.69) is 51.5 Å². The maximum absolute atomic E-state index is 6.02. The fourth-order valence-electron chi connectivity index (χ4n) is 4.49. The molecule has 2 fully saturated rings. The summed E-state index contributed by atoms with van der Waals surface area (Å²) in [6.07, 6.45) is 6.48. The molecule has 0 radical (unpaired) electrons. The molecule has 3 rings (SSSR count). The van der Waals surface area contributed by atoms with Crippen molar-refractivity contribution < 1.29 is 0 Å². The van der Waals surface area contributed by atoms with Gasteiger partial charge in [0.25, 0.3) is 0 Å². The van der Waals surface area contributed by atoms with Crippen molar-refractivity contribution in [3.8, 4) is 0 Å². The first-order valence-corrected chi connectivity index (χ1v) is 11.1. The van der Waals surface area contributed by atoms with Crippen molar-refractivity contribution in [2.45, 2.75) is 50.6 Å². The Morgan fingerprint density at radius 2 is 1.72 bits per heavy atom. The molecule has 0 bridgehead atoms. The van der Waals surface area contributed by atoms with E-state index < -0.39 is 0 Å². The Hall–Kier alpha value is -0.570. The lowest BCUT2D eigenvalue weighted by Gasteiger charge is -2.50. The average Bonchev–Trinajstić information content (AvgIpc) is 2.73. The molecule has 2 N–H and O–H groups in total. The van der Waals surface area contributed by atoms with Crippen molar-refractivity contribution in [1.29, 1.82) is 0 Å². The first-order chi connectivity index (χ1) is 13.5. The van der Waals surface area contributed by atoms with Gasteiger partial charge in [-0.3, -0.25) is 9.89 Å². The molecule has 164 valence electrons. The Morgan fingerprint density at radius 1 is 1.10 bits per heavy atom. The van der Waals surface area contributed by atoms with Gasteiger partial charge in [0, 0.05) is 24.2 Å². The molecule has 7 heteroatoms. The molecule has 5 nitrogen and oxygen atoms in total. The second kappa shape index (κ2) is 11.7. The molecule has 2 saturated heterocycles. The van der Waals surface area contributed by atoms with Gasteiger partial charge < -0.3 is 15.5 Å². The first-order valence-electron chi connectivity index (χ1n) is 10.7. The van der Waals surface area contributed by atoms with Crippen LogP contribution in [0.15, 0.2) is 29.3 Å². The fraction of sp³-hybridized carbons (Fsp3) is 0.682. The Balaban J connectivity index is 0.00000300. The van der Waals surface area contributed by atoms with Crippen molar-refractivity contribution in [1.82, 2.24) is 20.4 Å². The number of benzene rings is 1. The van der Waals surface area contributed by atoms with Crippen LogP contribution in [0.25, 0.3) is 0 Å². The van der Waals surface area contributed by atoms with Crippen LogP contribution in [0.3, 0.4) is 0 Å². The summed E-state index contributed by atoms with van der Waals surface area (Å²) in [5.41, 5.74) is 1.45. The number of likely N-dealkylation sites (tertiary alicyclic amines) is 2. The highest BCUT2D eigenvalue weighted by Crippen LogP contribution is 2.31. The lowest BCUT2D eigenvalue weighted by molar-refractivity contribution is 0.0173. The number of guanidine groups is 1. The van der Waals surface area contributed by atoms with E-state index >= 15 is 0 Å². The Morgan fingerprint density at radius 3 is 2.31 bits per heavy atom. The van der Waals surface area contributed by atoms with Crippen molar-refractivity contribution in [2.75, 3.05) is 46.8 Å². The van der Waals surface area contributed by atoms with E-state index in [1.165, 1.54) is 63.8 Å². The smallest absolute Gasteiger partial charge is 0.191 e. The highest BCUT2D eigenvalue weighted by Gasteiger charge is 2.39. The van der Waals surface area contributed by atoms with Crippen molar-refractivity contribution in [3.05, 3.63) is 34.9 Å². The number of hydrogen-bond donors (Lipinski definition) is 2. The third kappa shape index (κ3) is 6.71. The van der Waals surface area contributed by atoms with Crippen LogP contribution in [-0.4, -0.2) is 68.1 Å². The zero-order valence-corrected chi connectivity index (χ0v) is 21.2. The van der Waals surface area contributed by atoms with Gasteiger partial charge in [0.2, 0.25) is 0 Å². The summed E-state index contributed by atoms with van der Waals surface area (Å²) in [7, 11) is 4.09. The summed E-state index contributed by atoms with van der Waals surface area (Å²) >= 11 is 6.02. The molecule has 0 saturated carbocycles. The predicted octanol–water partition coefficient (Wildman–Crippen LogP) is 4.13. The number of nitrogens with one attached hydrogen (secondary N) is 2. The number of nitrogens with zero attached hydrogens (tertiary/aromatic N) is 3. The van der Waals surface area contributed by atoms with Gasteiger partial charge in [-0.05, 0) is 83.5 Å². The molecule has 0 aliphatic carbocycles. The van der Waals surface area contributed by atoms with Crippen LogP contribution in [0.1, 0.15) is 50.6 Å². The minimum Gasteiger partial charge on any atom is -0.355 e. The predicted molar refractivity (Wildman–Crippen MR) is 135 cm³/mol. The van der Waals surface area contributed by atoms with Crippen LogP contribution >= 0.6 is 35.6 Å². The van der Waals surface area contributed by atoms with Crippen molar-refractivity contribution in [3.63, 3.8) is 0 Å². The summed E-state index contributed by atoms with van der Waals surface area (Å²) in [6, 6.07) is 8.19. The quantitative estimate of drug-likeness (QED) is 0.339. The summed E-state index contributed by atoms with van der Waals surface area (Å²) in [6.45, 7) is 7.92. The van der Waals surface area contributed by atoms with E-state index in [-0.39, 0.29) is 35.6 Å². The van der Waals surface area contributed by atoms with Gasteiger partial charge in [0.1, 0.15) is 0 Å². The van der Waals surface area contributed by atoms with Gasteiger partial charge in [0.15, 0.2) is 5.96 Å². The van der Waals surface area contributed by atoms with E-state index in [4.69, 9.17) is 11.6 Å². The van der Waals surface area contributed by atoms with Gasteiger partial charge in [-0.15, -0.1) is 24.0 Å². The minimum absolute atomic E-state index is 0. The number of halogens is 2. The molecule has 29 heavy (non-hydrogen) atoms. The maximum Gasteiger partial charge on any atom is 0.191 e. The Kier molecular flexibility index (Phi) is 9.98. The standard InChI is InChI=1S/C22H36ClN5.HI/c1-18(19-7-9-20(23)10-8-19)26-21(24-2)25-17-22(11-15-27(3)16-12-22)28-13-5-4-6-14-28;/h7-10,18H,4-6,11-17H2,1-3H3,(H2,24,25,26);1H. The summed E-state index contributed by atoms with van der Waals surface area (Å²) in [4.78, 5) is 9.70. The maximum atomic E-state index is 6.02. The summed E-state index contributed by atoms with van der Waals surface area (Å²) in [5.74, 6) is 0.873. The van der Waals surface area contributed by atoms with E-state index in [0.717, 1.165) is 17.5 Å². The third-order valence-corrected chi connectivity index (χ3v) is 6.73. The number of hydrogen-bond acceptors (Lipinski definition) is 3. The van der Waals surface area contributed by atoms with Crippen LogP contribution in [0.5, 0.6) is 0 Å². The third-order valence-electron chi connectivity index (χ3n) is 6.48. The van der Waals surface area contributed by atoms with E-state index in [0.29, 0.717) is 0 Å². The van der Waals surface area contributed by atoms with Gasteiger partial charge in [-0.2, -0.15) is 0 Å². The van der Waals surface area contributed by atoms with Gasteiger partial charge in [0.05, 0.1) is 6.04 Å². The molecule has 0 amide bonds. The molecule has 1 atom stereocenters. The molecule has 2 aliphatic rings. The highest BCUT2D eigenvalue weighted by molar-refractivity contribution is 14.0. The minimum atomic E-state index is 0. The van der Waals surface area contributed by atoms with E-state index in [1.807, 2.05) is 19.2 Å². The van der Waals surface area contributed by atoms with Gasteiger partial charge in [-0.25, -0.2) is 0 Å². The van der Waals surface area contributed by atoms with Crippen LogP contribution in [0.2, 0.25) is 5.02 Å². The Bertz CT molecular complexity index is 637. The van der Waals surface area contributed by atoms with Crippen LogP contribution in [0, 0.1) is 0 Å². The molecule has 0 aromatic heterocycles. The second-order valence-electron chi connectivity index (χ2n) is 8.42. The lowest BCUT2D eigenvalue weighted by atomic mass is 9.84. The van der Waals surface area contributed by atoms with E-state index in [9.17, 15) is 0 Å².